The van der Waals surface area contributed by atoms with E-state index >= 15 is 0 Å². The fourth-order valence-corrected chi connectivity index (χ4v) is 2.04. The molecule has 3 aromatic rings. The number of anilines is 1. The Bertz CT molecular complexity index is 725. The van der Waals surface area contributed by atoms with Gasteiger partial charge in [-0.15, -0.1) is 0 Å². The summed E-state index contributed by atoms with van der Waals surface area (Å²) >= 11 is 5.88. The maximum absolute atomic E-state index is 5.88. The normalized spacial score (nSPS) is 10.7. The van der Waals surface area contributed by atoms with Crippen molar-refractivity contribution in [3.8, 4) is 5.75 Å². The van der Waals surface area contributed by atoms with E-state index in [1.165, 1.54) is 0 Å². The molecule has 0 fully saturated rings. The van der Waals surface area contributed by atoms with Gasteiger partial charge in [-0.2, -0.15) is 10.1 Å². The topological polar surface area (TPSA) is 75.7 Å². The molecule has 2 N–H and O–H groups in total. The first-order valence-corrected chi connectivity index (χ1v) is 6.37. The highest BCUT2D eigenvalue weighted by Crippen LogP contribution is 2.20. The molecule has 0 spiro atoms. The summed E-state index contributed by atoms with van der Waals surface area (Å²) in [5.74, 6) is 1.46. The van der Waals surface area contributed by atoms with Crippen molar-refractivity contribution in [3.05, 3.63) is 41.3 Å². The van der Waals surface area contributed by atoms with Crippen LogP contribution in [-0.2, 0) is 6.54 Å². The van der Waals surface area contributed by atoms with Gasteiger partial charge >= 0.3 is 0 Å². The van der Waals surface area contributed by atoms with E-state index in [-0.39, 0.29) is 5.28 Å². The molecular weight excluding hydrogens is 278 g/mol. The number of nitrogens with zero attached hydrogens (tertiary/aromatic N) is 3. The van der Waals surface area contributed by atoms with Crippen LogP contribution in [0.5, 0.6) is 5.75 Å². The molecule has 2 aromatic heterocycles. The van der Waals surface area contributed by atoms with Gasteiger partial charge in [-0.3, -0.25) is 5.10 Å². The molecule has 2 heterocycles. The highest BCUT2D eigenvalue weighted by atomic mass is 35.5. The highest BCUT2D eigenvalue weighted by molar-refractivity contribution is 6.28. The van der Waals surface area contributed by atoms with Gasteiger partial charge in [-0.1, -0.05) is 12.1 Å². The van der Waals surface area contributed by atoms with Crippen LogP contribution >= 0.6 is 11.6 Å². The van der Waals surface area contributed by atoms with Crippen molar-refractivity contribution in [2.45, 2.75) is 6.54 Å². The summed E-state index contributed by atoms with van der Waals surface area (Å²) in [5, 5.41) is 10.2. The second-order valence-electron chi connectivity index (χ2n) is 4.17. The van der Waals surface area contributed by atoms with Crippen LogP contribution in [0.25, 0.3) is 11.0 Å². The minimum atomic E-state index is 0.191. The van der Waals surface area contributed by atoms with Crippen molar-refractivity contribution >= 4 is 28.5 Å². The number of nitrogens with one attached hydrogen (secondary N) is 2. The lowest BCUT2D eigenvalue weighted by Gasteiger charge is -2.07. The number of halogens is 1. The maximum atomic E-state index is 5.88. The Morgan fingerprint density at radius 3 is 2.80 bits per heavy atom. The average Bonchev–Trinajstić information content (AvgIpc) is 2.93. The van der Waals surface area contributed by atoms with Crippen molar-refractivity contribution in [1.29, 1.82) is 0 Å². The molecule has 0 aliphatic carbocycles. The number of benzene rings is 1. The Labute approximate surface area is 120 Å². The number of methoxy groups -OCH3 is 1. The Balaban J connectivity index is 1.80. The number of aromatic nitrogens is 4. The molecule has 0 amide bonds. The fourth-order valence-electron chi connectivity index (χ4n) is 1.87. The number of fused-ring (bicyclic) bond motifs is 1. The van der Waals surface area contributed by atoms with Crippen LogP contribution in [-0.4, -0.2) is 27.3 Å². The van der Waals surface area contributed by atoms with Crippen LogP contribution in [0.1, 0.15) is 5.56 Å². The molecule has 0 radical (unpaired) electrons. The van der Waals surface area contributed by atoms with Crippen molar-refractivity contribution in [2.75, 3.05) is 12.4 Å². The molecule has 0 aliphatic rings. The van der Waals surface area contributed by atoms with Crippen molar-refractivity contribution in [2.24, 2.45) is 0 Å². The predicted molar refractivity (Wildman–Crippen MR) is 77.0 cm³/mol. The third-order valence-electron chi connectivity index (χ3n) is 2.89. The molecule has 6 nitrogen and oxygen atoms in total. The van der Waals surface area contributed by atoms with Crippen LogP contribution in [0, 0.1) is 0 Å². The standard InChI is InChI=1S/C13H12ClN5O/c1-20-9-4-2-8(3-5-9)6-15-12-11-10(7-16-19-11)17-13(14)18-12/h2-5,7H,6H2,1H3,(H,16,19)(H,15,17,18). The Hall–Kier alpha value is -2.34. The van der Waals surface area contributed by atoms with Gasteiger partial charge in [0.25, 0.3) is 0 Å². The number of hydrogen-bond donors (Lipinski definition) is 2. The number of ether oxygens (including phenoxy) is 1. The summed E-state index contributed by atoms with van der Waals surface area (Å²) < 4.78 is 5.12. The zero-order chi connectivity index (χ0) is 13.9. The van der Waals surface area contributed by atoms with Gasteiger partial charge in [0, 0.05) is 6.54 Å². The molecule has 102 valence electrons. The fraction of sp³-hybridized carbons (Fsp3) is 0.154. The zero-order valence-corrected chi connectivity index (χ0v) is 11.5. The lowest BCUT2D eigenvalue weighted by molar-refractivity contribution is 0.414. The molecule has 7 heteroatoms. The van der Waals surface area contributed by atoms with Crippen molar-refractivity contribution < 1.29 is 4.74 Å². The van der Waals surface area contributed by atoms with E-state index in [1.54, 1.807) is 13.3 Å². The van der Waals surface area contributed by atoms with Crippen molar-refractivity contribution in [3.63, 3.8) is 0 Å². The smallest absolute Gasteiger partial charge is 0.225 e. The minimum absolute atomic E-state index is 0.191. The second kappa shape index (κ2) is 5.34. The molecule has 0 aliphatic heterocycles. The summed E-state index contributed by atoms with van der Waals surface area (Å²) in [6.45, 7) is 0.617. The van der Waals surface area contributed by atoms with Gasteiger partial charge < -0.3 is 10.1 Å². The molecule has 3 rings (SSSR count). The van der Waals surface area contributed by atoms with Crippen LogP contribution in [0.3, 0.4) is 0 Å². The number of hydrogen-bond acceptors (Lipinski definition) is 5. The average molecular weight is 290 g/mol. The van der Waals surface area contributed by atoms with E-state index in [0.717, 1.165) is 16.8 Å². The van der Waals surface area contributed by atoms with Gasteiger partial charge in [-0.05, 0) is 29.3 Å². The number of rotatable bonds is 4. The first-order chi connectivity index (χ1) is 9.76. The van der Waals surface area contributed by atoms with Crippen LogP contribution in [0.4, 0.5) is 5.82 Å². The van der Waals surface area contributed by atoms with Gasteiger partial charge in [0.2, 0.25) is 5.28 Å². The molecule has 1 aromatic carbocycles. The van der Waals surface area contributed by atoms with E-state index in [9.17, 15) is 0 Å². The van der Waals surface area contributed by atoms with E-state index in [4.69, 9.17) is 16.3 Å². The molecule has 0 saturated carbocycles. The van der Waals surface area contributed by atoms with E-state index in [1.807, 2.05) is 24.3 Å². The first-order valence-electron chi connectivity index (χ1n) is 5.99. The van der Waals surface area contributed by atoms with E-state index < -0.39 is 0 Å². The molecule has 20 heavy (non-hydrogen) atoms. The first kappa shape index (κ1) is 12.7. The van der Waals surface area contributed by atoms with E-state index in [2.05, 4.69) is 25.5 Å². The Morgan fingerprint density at radius 2 is 2.05 bits per heavy atom. The molecule has 0 unspecified atom stereocenters. The largest absolute Gasteiger partial charge is 0.497 e. The quantitative estimate of drug-likeness (QED) is 0.722. The zero-order valence-electron chi connectivity index (χ0n) is 10.7. The van der Waals surface area contributed by atoms with Gasteiger partial charge in [0.05, 0.1) is 13.3 Å². The third kappa shape index (κ3) is 2.50. The number of aromatic amines is 1. The van der Waals surface area contributed by atoms with Crippen LogP contribution in [0.15, 0.2) is 30.5 Å². The summed E-state index contributed by atoms with van der Waals surface area (Å²) in [5.41, 5.74) is 2.53. The minimum Gasteiger partial charge on any atom is -0.497 e. The van der Waals surface area contributed by atoms with E-state index in [0.29, 0.717) is 17.9 Å². The lowest BCUT2D eigenvalue weighted by atomic mass is 10.2. The van der Waals surface area contributed by atoms with Crippen LogP contribution in [0.2, 0.25) is 5.28 Å². The molecule has 0 atom stereocenters. The second-order valence-corrected chi connectivity index (χ2v) is 4.51. The monoisotopic (exact) mass is 289 g/mol. The summed E-state index contributed by atoms with van der Waals surface area (Å²) in [6, 6.07) is 7.79. The lowest BCUT2D eigenvalue weighted by Crippen LogP contribution is -2.03. The predicted octanol–water partition coefficient (Wildman–Crippen LogP) is 2.63. The summed E-state index contributed by atoms with van der Waals surface area (Å²) in [4.78, 5) is 8.25. The molecule has 0 bridgehead atoms. The Kier molecular flexibility index (Phi) is 3.39. The molecular formula is C13H12ClN5O. The van der Waals surface area contributed by atoms with Gasteiger partial charge in [0.15, 0.2) is 5.82 Å². The van der Waals surface area contributed by atoms with Gasteiger partial charge in [0.1, 0.15) is 16.8 Å². The van der Waals surface area contributed by atoms with Crippen LogP contribution < -0.4 is 10.1 Å². The van der Waals surface area contributed by atoms with Crippen molar-refractivity contribution in [1.82, 2.24) is 20.2 Å². The summed E-state index contributed by atoms with van der Waals surface area (Å²) in [7, 11) is 1.64. The third-order valence-corrected chi connectivity index (χ3v) is 3.06. The van der Waals surface area contributed by atoms with Gasteiger partial charge in [-0.25, -0.2) is 4.98 Å². The highest BCUT2D eigenvalue weighted by Gasteiger charge is 2.08. The summed E-state index contributed by atoms with van der Waals surface area (Å²) in [6.07, 6.45) is 1.61. The Morgan fingerprint density at radius 1 is 1.25 bits per heavy atom. The molecule has 0 saturated heterocycles. The maximum Gasteiger partial charge on any atom is 0.225 e. The number of H-pyrrole nitrogens is 1. The SMILES string of the molecule is COc1ccc(CNc2nc(Cl)nc3cn[nH]c23)cc1.